The molecule has 0 spiro atoms. The molecule has 0 radical (unpaired) electrons. The molecule has 1 aliphatic heterocycles. The Balaban J connectivity index is 1.60. The number of benzene rings is 1. The molecule has 17 heavy (non-hydrogen) atoms. The molecule has 0 amide bonds. The quantitative estimate of drug-likeness (QED) is 0.864. The number of hydrogen-bond donors (Lipinski definition) is 1. The van der Waals surface area contributed by atoms with Crippen LogP contribution in [0.2, 0.25) is 0 Å². The first kappa shape index (κ1) is 9.95. The lowest BCUT2D eigenvalue weighted by Crippen LogP contribution is -2.35. The minimum absolute atomic E-state index is 0.183. The van der Waals surface area contributed by atoms with Crippen LogP contribution in [0.4, 0.5) is 0 Å². The first-order chi connectivity index (χ1) is 8.21. The molecular weight excluding hydrogens is 210 g/mol. The van der Waals surface area contributed by atoms with Crippen LogP contribution in [0, 0.1) is 5.41 Å². The van der Waals surface area contributed by atoms with Crippen molar-refractivity contribution in [3.8, 4) is 5.75 Å². The van der Waals surface area contributed by atoms with Crippen LogP contribution in [0.1, 0.15) is 36.8 Å². The Labute approximate surface area is 102 Å². The van der Waals surface area contributed by atoms with Crippen molar-refractivity contribution in [2.24, 2.45) is 11.1 Å². The smallest absolute Gasteiger partial charge is 0.122 e. The Morgan fingerprint density at radius 3 is 2.71 bits per heavy atom. The predicted molar refractivity (Wildman–Crippen MR) is 67.2 cm³/mol. The van der Waals surface area contributed by atoms with E-state index in [1.54, 1.807) is 0 Å². The number of nitrogens with two attached hydrogens (primary N) is 1. The van der Waals surface area contributed by atoms with E-state index in [1.807, 2.05) is 0 Å². The number of fused-ring (bicyclic) bond motifs is 1. The van der Waals surface area contributed by atoms with Crippen molar-refractivity contribution in [3.63, 3.8) is 0 Å². The molecule has 1 heterocycles. The highest BCUT2D eigenvalue weighted by atomic mass is 16.5. The van der Waals surface area contributed by atoms with Gasteiger partial charge in [-0.2, -0.15) is 0 Å². The molecule has 2 fully saturated rings. The largest absolute Gasteiger partial charge is 0.493 e. The van der Waals surface area contributed by atoms with Gasteiger partial charge in [-0.1, -0.05) is 12.1 Å². The fourth-order valence-electron chi connectivity index (χ4n) is 3.41. The number of rotatable bonds is 3. The van der Waals surface area contributed by atoms with Crippen LogP contribution in [0.3, 0.4) is 0 Å². The molecule has 0 unspecified atom stereocenters. The average Bonchev–Trinajstić information content (AvgIpc) is 3.21. The zero-order valence-electron chi connectivity index (χ0n) is 10.2. The Morgan fingerprint density at radius 2 is 2.00 bits per heavy atom. The zero-order chi connectivity index (χ0) is 11.5. The maximum atomic E-state index is 6.42. The van der Waals surface area contributed by atoms with Gasteiger partial charge in [-0.3, -0.25) is 0 Å². The molecule has 2 N–H and O–H groups in total. The summed E-state index contributed by atoms with van der Waals surface area (Å²) in [6, 6.07) is 6.72. The lowest BCUT2D eigenvalue weighted by atomic mass is 9.86. The Kier molecular flexibility index (Phi) is 1.79. The molecule has 0 atom stereocenters. The maximum absolute atomic E-state index is 6.42. The van der Waals surface area contributed by atoms with Gasteiger partial charge >= 0.3 is 0 Å². The van der Waals surface area contributed by atoms with Crippen LogP contribution >= 0.6 is 0 Å². The molecule has 90 valence electrons. The summed E-state index contributed by atoms with van der Waals surface area (Å²) in [5.41, 5.74) is 9.90. The van der Waals surface area contributed by atoms with Gasteiger partial charge in [-0.05, 0) is 54.7 Å². The van der Waals surface area contributed by atoms with Crippen LogP contribution < -0.4 is 10.5 Å². The third-order valence-corrected chi connectivity index (χ3v) is 4.99. The SMILES string of the molecule is NC1(C2(Cc3ccc4c(c3)CCO4)CC2)CC1. The Morgan fingerprint density at radius 1 is 1.18 bits per heavy atom. The van der Waals surface area contributed by atoms with Gasteiger partial charge in [0, 0.05) is 12.0 Å². The predicted octanol–water partition coefficient (Wildman–Crippen LogP) is 2.44. The van der Waals surface area contributed by atoms with E-state index in [0.717, 1.165) is 18.8 Å². The van der Waals surface area contributed by atoms with Gasteiger partial charge in [-0.15, -0.1) is 0 Å². The van der Waals surface area contributed by atoms with E-state index in [0.29, 0.717) is 5.41 Å². The summed E-state index contributed by atoms with van der Waals surface area (Å²) < 4.78 is 5.55. The number of ether oxygens (including phenoxy) is 1. The molecule has 0 saturated heterocycles. The highest BCUT2D eigenvalue weighted by Crippen LogP contribution is 2.64. The molecule has 1 aromatic carbocycles. The molecule has 2 nitrogen and oxygen atoms in total. The van der Waals surface area contributed by atoms with Crippen LogP contribution in [0.5, 0.6) is 5.75 Å². The molecule has 0 bridgehead atoms. The van der Waals surface area contributed by atoms with Gasteiger partial charge in [0.1, 0.15) is 5.75 Å². The second-order valence-corrected chi connectivity index (χ2v) is 6.15. The summed E-state index contributed by atoms with van der Waals surface area (Å²) in [6.45, 7) is 0.852. The van der Waals surface area contributed by atoms with E-state index in [9.17, 15) is 0 Å². The fraction of sp³-hybridized carbons (Fsp3) is 0.600. The van der Waals surface area contributed by atoms with Gasteiger partial charge in [-0.25, -0.2) is 0 Å². The van der Waals surface area contributed by atoms with E-state index in [4.69, 9.17) is 10.5 Å². The fourth-order valence-corrected chi connectivity index (χ4v) is 3.41. The Bertz CT molecular complexity index is 472. The summed E-state index contributed by atoms with van der Waals surface area (Å²) in [6.07, 6.45) is 7.39. The van der Waals surface area contributed by atoms with Crippen molar-refractivity contribution in [3.05, 3.63) is 29.3 Å². The first-order valence-electron chi connectivity index (χ1n) is 6.74. The van der Waals surface area contributed by atoms with Crippen LogP contribution in [0.15, 0.2) is 18.2 Å². The second kappa shape index (κ2) is 3.05. The lowest BCUT2D eigenvalue weighted by Gasteiger charge is -2.23. The van der Waals surface area contributed by atoms with E-state index in [1.165, 1.54) is 43.2 Å². The molecule has 1 aromatic rings. The summed E-state index contributed by atoms with van der Waals surface area (Å²) in [7, 11) is 0. The topological polar surface area (TPSA) is 35.2 Å². The van der Waals surface area contributed by atoms with Crippen molar-refractivity contribution in [1.82, 2.24) is 0 Å². The van der Waals surface area contributed by atoms with E-state index >= 15 is 0 Å². The van der Waals surface area contributed by atoms with Gasteiger partial charge in [0.05, 0.1) is 6.61 Å². The molecule has 2 aliphatic carbocycles. The van der Waals surface area contributed by atoms with Crippen LogP contribution in [0.25, 0.3) is 0 Å². The third-order valence-electron chi connectivity index (χ3n) is 4.99. The van der Waals surface area contributed by atoms with Gasteiger partial charge < -0.3 is 10.5 Å². The first-order valence-corrected chi connectivity index (χ1v) is 6.74. The molecule has 2 saturated carbocycles. The van der Waals surface area contributed by atoms with Crippen molar-refractivity contribution < 1.29 is 4.74 Å². The van der Waals surface area contributed by atoms with E-state index in [-0.39, 0.29) is 5.54 Å². The normalized spacial score (nSPS) is 26.2. The minimum Gasteiger partial charge on any atom is -0.493 e. The van der Waals surface area contributed by atoms with Crippen molar-refractivity contribution in [1.29, 1.82) is 0 Å². The molecular formula is C15H19NO. The summed E-state index contributed by atoms with van der Waals surface area (Å²) in [5.74, 6) is 1.09. The summed E-state index contributed by atoms with van der Waals surface area (Å²) in [5, 5.41) is 0. The maximum Gasteiger partial charge on any atom is 0.122 e. The van der Waals surface area contributed by atoms with Crippen molar-refractivity contribution in [2.45, 2.75) is 44.1 Å². The average molecular weight is 229 g/mol. The second-order valence-electron chi connectivity index (χ2n) is 6.15. The minimum atomic E-state index is 0.183. The summed E-state index contributed by atoms with van der Waals surface area (Å²) >= 11 is 0. The van der Waals surface area contributed by atoms with Gasteiger partial charge in [0.25, 0.3) is 0 Å². The molecule has 0 aromatic heterocycles. The highest BCUT2D eigenvalue weighted by Gasteiger charge is 2.62. The summed E-state index contributed by atoms with van der Waals surface area (Å²) in [4.78, 5) is 0. The highest BCUT2D eigenvalue weighted by molar-refractivity contribution is 5.41. The molecule has 4 rings (SSSR count). The van der Waals surface area contributed by atoms with Crippen LogP contribution in [-0.4, -0.2) is 12.1 Å². The molecule has 3 aliphatic rings. The lowest BCUT2D eigenvalue weighted by molar-refractivity contribution is 0.356. The number of hydrogen-bond acceptors (Lipinski definition) is 2. The van der Waals surface area contributed by atoms with E-state index < -0.39 is 0 Å². The van der Waals surface area contributed by atoms with Gasteiger partial charge in [0.2, 0.25) is 0 Å². The van der Waals surface area contributed by atoms with Crippen molar-refractivity contribution in [2.75, 3.05) is 6.61 Å². The van der Waals surface area contributed by atoms with Crippen LogP contribution in [-0.2, 0) is 12.8 Å². The Hall–Kier alpha value is -1.02. The monoisotopic (exact) mass is 229 g/mol. The van der Waals surface area contributed by atoms with Crippen molar-refractivity contribution >= 4 is 0 Å². The zero-order valence-corrected chi connectivity index (χ0v) is 10.2. The standard InChI is InChI=1S/C15H19NO/c16-15(6-7-15)14(4-5-14)10-11-1-2-13-12(9-11)3-8-17-13/h1-2,9H,3-8,10,16H2. The molecule has 2 heteroatoms. The van der Waals surface area contributed by atoms with Gasteiger partial charge in [0.15, 0.2) is 0 Å². The van der Waals surface area contributed by atoms with E-state index in [2.05, 4.69) is 18.2 Å². The third kappa shape index (κ3) is 1.43.